The molecule has 0 heterocycles. The van der Waals surface area contributed by atoms with Crippen molar-refractivity contribution in [2.24, 2.45) is 0 Å². The average molecular weight is 197 g/mol. The van der Waals surface area contributed by atoms with E-state index >= 15 is 0 Å². The molecule has 70 valence electrons. The molecule has 0 aromatic heterocycles. The van der Waals surface area contributed by atoms with E-state index in [1.165, 1.54) is 5.56 Å². The Morgan fingerprint density at radius 3 is 2.85 bits per heavy atom. The quantitative estimate of drug-likeness (QED) is 0.678. The number of aldehydes is 1. The molecule has 0 aliphatic rings. The van der Waals surface area contributed by atoms with E-state index in [-0.39, 0.29) is 5.92 Å². The molecule has 0 saturated carbocycles. The van der Waals surface area contributed by atoms with Gasteiger partial charge in [-0.15, -0.1) is 0 Å². The summed E-state index contributed by atoms with van der Waals surface area (Å²) in [4.78, 5) is 10.3. The monoisotopic (exact) mass is 196 g/mol. The van der Waals surface area contributed by atoms with Crippen molar-refractivity contribution < 1.29 is 4.79 Å². The smallest absolute Gasteiger partial charge is 0.120 e. The summed E-state index contributed by atoms with van der Waals surface area (Å²) in [7, 11) is 0. The number of rotatable bonds is 3. The number of halogens is 1. The Bertz CT molecular complexity index is 307. The molecule has 0 amide bonds. The largest absolute Gasteiger partial charge is 0.303 e. The van der Waals surface area contributed by atoms with Crippen LogP contribution in [-0.4, -0.2) is 6.29 Å². The van der Waals surface area contributed by atoms with Crippen molar-refractivity contribution in [3.63, 3.8) is 0 Å². The van der Waals surface area contributed by atoms with Gasteiger partial charge in [-0.05, 0) is 24.5 Å². The molecule has 0 N–H and O–H groups in total. The van der Waals surface area contributed by atoms with E-state index in [9.17, 15) is 4.79 Å². The molecule has 0 spiro atoms. The number of hydrogen-bond donors (Lipinski definition) is 0. The lowest BCUT2D eigenvalue weighted by molar-refractivity contribution is -0.108. The van der Waals surface area contributed by atoms with Gasteiger partial charge in [0.25, 0.3) is 0 Å². The van der Waals surface area contributed by atoms with Crippen molar-refractivity contribution in [3.8, 4) is 0 Å². The van der Waals surface area contributed by atoms with E-state index in [1.807, 2.05) is 32.0 Å². The molecule has 1 aromatic carbocycles. The van der Waals surface area contributed by atoms with Gasteiger partial charge in [0, 0.05) is 11.4 Å². The molecule has 1 atom stereocenters. The summed E-state index contributed by atoms with van der Waals surface area (Å²) >= 11 is 6.01. The molecule has 0 saturated heterocycles. The Morgan fingerprint density at radius 2 is 2.23 bits per heavy atom. The molecule has 1 nitrogen and oxygen atoms in total. The first-order valence-corrected chi connectivity index (χ1v) is 4.72. The number of carbonyl (C=O) groups is 1. The summed E-state index contributed by atoms with van der Waals surface area (Å²) in [6.07, 6.45) is 1.46. The van der Waals surface area contributed by atoms with Crippen molar-refractivity contribution in [1.29, 1.82) is 0 Å². The molecule has 13 heavy (non-hydrogen) atoms. The topological polar surface area (TPSA) is 17.1 Å². The number of carbonyl (C=O) groups excluding carboxylic acids is 1. The summed E-state index contributed by atoms with van der Waals surface area (Å²) in [6, 6.07) is 5.89. The molecule has 1 unspecified atom stereocenters. The summed E-state index contributed by atoms with van der Waals surface area (Å²) in [5, 5.41) is 0.750. The predicted octanol–water partition coefficient (Wildman–Crippen LogP) is 3.34. The van der Waals surface area contributed by atoms with Crippen LogP contribution in [0.2, 0.25) is 5.02 Å². The lowest BCUT2D eigenvalue weighted by Crippen LogP contribution is -1.95. The maximum Gasteiger partial charge on any atom is 0.120 e. The van der Waals surface area contributed by atoms with Gasteiger partial charge in [0.1, 0.15) is 6.29 Å². The minimum absolute atomic E-state index is 0.213. The Hall–Kier alpha value is -0.820. The van der Waals surface area contributed by atoms with Gasteiger partial charge >= 0.3 is 0 Å². The van der Waals surface area contributed by atoms with E-state index in [2.05, 4.69) is 0 Å². The van der Waals surface area contributed by atoms with Gasteiger partial charge < -0.3 is 4.79 Å². The van der Waals surface area contributed by atoms with Crippen LogP contribution in [0.25, 0.3) is 0 Å². The Balaban J connectivity index is 2.97. The van der Waals surface area contributed by atoms with E-state index in [4.69, 9.17) is 11.6 Å². The van der Waals surface area contributed by atoms with Crippen molar-refractivity contribution in [1.82, 2.24) is 0 Å². The third-order valence-corrected chi connectivity index (χ3v) is 2.48. The third kappa shape index (κ3) is 2.56. The van der Waals surface area contributed by atoms with Crippen LogP contribution >= 0.6 is 11.6 Å². The molecule has 0 radical (unpaired) electrons. The van der Waals surface area contributed by atoms with Gasteiger partial charge in [0.2, 0.25) is 0 Å². The second-order valence-electron chi connectivity index (χ2n) is 3.33. The predicted molar refractivity (Wildman–Crippen MR) is 55.3 cm³/mol. The standard InChI is InChI=1S/C11H13ClO/c1-8-3-4-11(12)10(7-8)9(2)5-6-13/h3-4,6-7,9H,5H2,1-2H3. The second kappa shape index (κ2) is 4.43. The summed E-state index contributed by atoms with van der Waals surface area (Å²) in [5.74, 6) is 0.213. The fourth-order valence-corrected chi connectivity index (χ4v) is 1.62. The van der Waals surface area contributed by atoms with E-state index < -0.39 is 0 Å². The number of aryl methyl sites for hydroxylation is 1. The van der Waals surface area contributed by atoms with Crippen LogP contribution < -0.4 is 0 Å². The normalized spacial score (nSPS) is 12.5. The first-order valence-electron chi connectivity index (χ1n) is 4.35. The van der Waals surface area contributed by atoms with Crippen LogP contribution in [-0.2, 0) is 4.79 Å². The average Bonchev–Trinajstić information content (AvgIpc) is 2.09. The van der Waals surface area contributed by atoms with Crippen LogP contribution in [0.15, 0.2) is 18.2 Å². The van der Waals surface area contributed by atoms with Gasteiger partial charge in [0.15, 0.2) is 0 Å². The summed E-state index contributed by atoms with van der Waals surface area (Å²) in [6.45, 7) is 4.03. The molecule has 0 aliphatic heterocycles. The molecule has 1 rings (SSSR count). The highest BCUT2D eigenvalue weighted by Gasteiger charge is 2.08. The molecule has 0 aliphatic carbocycles. The van der Waals surface area contributed by atoms with Crippen LogP contribution in [0.3, 0.4) is 0 Å². The summed E-state index contributed by atoms with van der Waals surface area (Å²) < 4.78 is 0. The van der Waals surface area contributed by atoms with E-state index in [0.717, 1.165) is 16.9 Å². The van der Waals surface area contributed by atoms with Crippen LogP contribution in [0.5, 0.6) is 0 Å². The molecule has 0 fully saturated rings. The van der Waals surface area contributed by atoms with Crippen molar-refractivity contribution in [3.05, 3.63) is 34.3 Å². The highest BCUT2D eigenvalue weighted by Crippen LogP contribution is 2.26. The molecular formula is C11H13ClO. The first kappa shape index (κ1) is 10.3. The minimum Gasteiger partial charge on any atom is -0.303 e. The highest BCUT2D eigenvalue weighted by molar-refractivity contribution is 6.31. The van der Waals surface area contributed by atoms with Crippen LogP contribution in [0.1, 0.15) is 30.4 Å². The van der Waals surface area contributed by atoms with Crippen LogP contribution in [0, 0.1) is 6.92 Å². The van der Waals surface area contributed by atoms with E-state index in [0.29, 0.717) is 6.42 Å². The number of benzene rings is 1. The summed E-state index contributed by atoms with van der Waals surface area (Å²) in [5.41, 5.74) is 2.24. The van der Waals surface area contributed by atoms with Gasteiger partial charge in [-0.3, -0.25) is 0 Å². The zero-order chi connectivity index (χ0) is 9.84. The zero-order valence-electron chi connectivity index (χ0n) is 7.88. The molecular weight excluding hydrogens is 184 g/mol. The fraction of sp³-hybridized carbons (Fsp3) is 0.364. The number of hydrogen-bond acceptors (Lipinski definition) is 1. The SMILES string of the molecule is Cc1ccc(Cl)c(C(C)CC=O)c1. The van der Waals surface area contributed by atoms with Crippen LogP contribution in [0.4, 0.5) is 0 Å². The Morgan fingerprint density at radius 1 is 1.54 bits per heavy atom. The van der Waals surface area contributed by atoms with Crippen molar-refractivity contribution in [2.45, 2.75) is 26.2 Å². The van der Waals surface area contributed by atoms with Gasteiger partial charge in [-0.25, -0.2) is 0 Å². The van der Waals surface area contributed by atoms with Gasteiger partial charge in [-0.2, -0.15) is 0 Å². The maximum atomic E-state index is 10.3. The maximum absolute atomic E-state index is 10.3. The third-order valence-electron chi connectivity index (χ3n) is 2.13. The van der Waals surface area contributed by atoms with Crippen molar-refractivity contribution in [2.75, 3.05) is 0 Å². The van der Waals surface area contributed by atoms with E-state index in [1.54, 1.807) is 0 Å². The van der Waals surface area contributed by atoms with Gasteiger partial charge in [0.05, 0.1) is 0 Å². The minimum atomic E-state index is 0.213. The molecule has 0 bridgehead atoms. The first-order chi connectivity index (χ1) is 6.15. The lowest BCUT2D eigenvalue weighted by Gasteiger charge is -2.10. The fourth-order valence-electron chi connectivity index (χ4n) is 1.31. The highest BCUT2D eigenvalue weighted by atomic mass is 35.5. The molecule has 1 aromatic rings. The second-order valence-corrected chi connectivity index (χ2v) is 3.74. The Labute approximate surface area is 83.7 Å². The lowest BCUT2D eigenvalue weighted by atomic mass is 9.97. The zero-order valence-corrected chi connectivity index (χ0v) is 8.64. The Kier molecular flexibility index (Phi) is 3.49. The van der Waals surface area contributed by atoms with Crippen molar-refractivity contribution >= 4 is 17.9 Å². The molecule has 2 heteroatoms. The van der Waals surface area contributed by atoms with Gasteiger partial charge in [-0.1, -0.05) is 36.2 Å².